The lowest BCUT2D eigenvalue weighted by atomic mass is 10.1. The van der Waals surface area contributed by atoms with Gasteiger partial charge in [0, 0.05) is 5.69 Å². The first-order chi connectivity index (χ1) is 12.1. The molecule has 134 valence electrons. The molecule has 0 unspecified atom stereocenters. The van der Waals surface area contributed by atoms with Gasteiger partial charge in [-0.2, -0.15) is 0 Å². The molecular weight excluding hydrogens is 340 g/mol. The molecular formula is C19H23ClN2O3. The van der Waals surface area contributed by atoms with Crippen LogP contribution in [0.15, 0.2) is 42.5 Å². The number of nitrogens with zero attached hydrogens (tertiary/aromatic N) is 1. The zero-order valence-corrected chi connectivity index (χ0v) is 15.5. The fraction of sp³-hybridized carbons (Fsp3) is 0.316. The fourth-order valence-corrected chi connectivity index (χ4v) is 2.69. The van der Waals surface area contributed by atoms with Crippen LogP contribution in [-0.2, 0) is 11.3 Å². The second-order valence-corrected chi connectivity index (χ2v) is 5.81. The lowest BCUT2D eigenvalue weighted by Gasteiger charge is -2.24. The standard InChI is InChI=1S/C19H23ClN2O3/c1-4-25-16-8-5-14(6-9-16)13-22(19(23)12-21-2)15-7-10-18(24-3)17(20)11-15/h5-11,21H,4,12-13H2,1-3H3. The molecule has 0 aliphatic carbocycles. The first-order valence-corrected chi connectivity index (χ1v) is 8.47. The van der Waals surface area contributed by atoms with Crippen molar-refractivity contribution in [2.75, 3.05) is 32.2 Å². The first kappa shape index (κ1) is 19.1. The molecule has 2 rings (SSSR count). The molecule has 5 nitrogen and oxygen atoms in total. The molecule has 0 aromatic heterocycles. The number of anilines is 1. The van der Waals surface area contributed by atoms with Crippen LogP contribution >= 0.6 is 11.6 Å². The number of carbonyl (C=O) groups excluding carboxylic acids is 1. The SMILES string of the molecule is CCOc1ccc(CN(C(=O)CNC)c2ccc(OC)c(Cl)c2)cc1. The van der Waals surface area contributed by atoms with E-state index < -0.39 is 0 Å². The van der Waals surface area contributed by atoms with Crippen molar-refractivity contribution in [3.05, 3.63) is 53.1 Å². The summed E-state index contributed by atoms with van der Waals surface area (Å²) in [5, 5.41) is 3.36. The molecule has 0 heterocycles. The lowest BCUT2D eigenvalue weighted by Crippen LogP contribution is -2.36. The second-order valence-electron chi connectivity index (χ2n) is 5.41. The highest BCUT2D eigenvalue weighted by Gasteiger charge is 2.17. The number of hydrogen-bond donors (Lipinski definition) is 1. The van der Waals surface area contributed by atoms with E-state index in [4.69, 9.17) is 21.1 Å². The minimum atomic E-state index is -0.0439. The zero-order valence-electron chi connectivity index (χ0n) is 14.7. The van der Waals surface area contributed by atoms with Crippen LogP contribution in [0, 0.1) is 0 Å². The Balaban J connectivity index is 2.26. The summed E-state index contributed by atoms with van der Waals surface area (Å²) in [6.45, 7) is 3.24. The van der Waals surface area contributed by atoms with Gasteiger partial charge in [-0.15, -0.1) is 0 Å². The number of carbonyl (C=O) groups is 1. The molecule has 0 bridgehead atoms. The van der Waals surface area contributed by atoms with E-state index in [0.717, 1.165) is 17.0 Å². The summed E-state index contributed by atoms with van der Waals surface area (Å²) in [5.41, 5.74) is 1.72. The molecule has 1 N–H and O–H groups in total. The maximum absolute atomic E-state index is 12.5. The number of hydrogen-bond acceptors (Lipinski definition) is 4. The van der Waals surface area contributed by atoms with Gasteiger partial charge in [-0.3, -0.25) is 4.79 Å². The van der Waals surface area contributed by atoms with Crippen molar-refractivity contribution in [1.82, 2.24) is 5.32 Å². The smallest absolute Gasteiger partial charge is 0.241 e. The second kappa shape index (κ2) is 9.30. The van der Waals surface area contributed by atoms with Crippen LogP contribution in [0.3, 0.4) is 0 Å². The van der Waals surface area contributed by atoms with Crippen LogP contribution in [0.2, 0.25) is 5.02 Å². The Hall–Kier alpha value is -2.24. The molecule has 0 radical (unpaired) electrons. The van der Waals surface area contributed by atoms with Gasteiger partial charge >= 0.3 is 0 Å². The van der Waals surface area contributed by atoms with Gasteiger partial charge in [0.05, 0.1) is 31.8 Å². The van der Waals surface area contributed by atoms with E-state index in [0.29, 0.717) is 23.9 Å². The third kappa shape index (κ3) is 5.11. The van der Waals surface area contributed by atoms with Gasteiger partial charge in [0.1, 0.15) is 11.5 Å². The number of rotatable bonds is 8. The van der Waals surface area contributed by atoms with Crippen LogP contribution < -0.4 is 19.7 Å². The Labute approximate surface area is 153 Å². The Morgan fingerprint density at radius 3 is 2.48 bits per heavy atom. The average molecular weight is 363 g/mol. The van der Waals surface area contributed by atoms with E-state index >= 15 is 0 Å². The van der Waals surface area contributed by atoms with E-state index in [1.165, 1.54) is 0 Å². The Morgan fingerprint density at radius 1 is 1.20 bits per heavy atom. The molecule has 6 heteroatoms. The molecule has 0 aliphatic heterocycles. The number of benzene rings is 2. The van der Waals surface area contributed by atoms with E-state index in [1.807, 2.05) is 37.3 Å². The van der Waals surface area contributed by atoms with Crippen LogP contribution in [0.4, 0.5) is 5.69 Å². The maximum Gasteiger partial charge on any atom is 0.241 e. The van der Waals surface area contributed by atoms with E-state index in [-0.39, 0.29) is 12.5 Å². The summed E-state index contributed by atoms with van der Waals surface area (Å²) < 4.78 is 10.6. The molecule has 2 aromatic carbocycles. The number of halogens is 1. The first-order valence-electron chi connectivity index (χ1n) is 8.09. The molecule has 0 aliphatic rings. The molecule has 2 aromatic rings. The lowest BCUT2D eigenvalue weighted by molar-refractivity contribution is -0.117. The van der Waals surface area contributed by atoms with Gasteiger partial charge in [-0.1, -0.05) is 23.7 Å². The van der Waals surface area contributed by atoms with E-state index in [1.54, 1.807) is 31.2 Å². The monoisotopic (exact) mass is 362 g/mol. The third-order valence-corrected chi connectivity index (χ3v) is 3.95. The summed E-state index contributed by atoms with van der Waals surface area (Å²) in [5.74, 6) is 1.34. The van der Waals surface area contributed by atoms with Crippen molar-refractivity contribution in [2.45, 2.75) is 13.5 Å². The summed E-state index contributed by atoms with van der Waals surface area (Å²) in [6.07, 6.45) is 0. The van der Waals surface area contributed by atoms with Crippen LogP contribution in [0.25, 0.3) is 0 Å². The largest absolute Gasteiger partial charge is 0.495 e. The number of ether oxygens (including phenoxy) is 2. The Kier molecular flexibility index (Phi) is 7.10. The minimum absolute atomic E-state index is 0.0439. The summed E-state index contributed by atoms with van der Waals surface area (Å²) in [6, 6.07) is 13.0. The van der Waals surface area contributed by atoms with Gasteiger partial charge < -0.3 is 19.7 Å². The number of amides is 1. The molecule has 0 fully saturated rings. The van der Waals surface area contributed by atoms with Crippen molar-refractivity contribution < 1.29 is 14.3 Å². The minimum Gasteiger partial charge on any atom is -0.495 e. The van der Waals surface area contributed by atoms with Crippen molar-refractivity contribution in [2.24, 2.45) is 0 Å². The quantitative estimate of drug-likeness (QED) is 0.780. The van der Waals surface area contributed by atoms with Gasteiger partial charge in [0.2, 0.25) is 5.91 Å². The molecule has 25 heavy (non-hydrogen) atoms. The van der Waals surface area contributed by atoms with Crippen molar-refractivity contribution in [3.8, 4) is 11.5 Å². The van der Waals surface area contributed by atoms with Gasteiger partial charge in [-0.05, 0) is 49.9 Å². The fourth-order valence-electron chi connectivity index (χ4n) is 2.43. The highest BCUT2D eigenvalue weighted by Crippen LogP contribution is 2.30. The topological polar surface area (TPSA) is 50.8 Å². The van der Waals surface area contributed by atoms with Gasteiger partial charge in [0.15, 0.2) is 0 Å². The molecule has 0 saturated heterocycles. The molecule has 1 amide bonds. The summed E-state index contributed by atoms with van der Waals surface area (Å²) >= 11 is 6.22. The van der Waals surface area contributed by atoms with Crippen LogP contribution in [0.5, 0.6) is 11.5 Å². The highest BCUT2D eigenvalue weighted by molar-refractivity contribution is 6.32. The molecule has 0 saturated carbocycles. The molecule has 0 spiro atoms. The number of methoxy groups -OCH3 is 1. The summed E-state index contributed by atoms with van der Waals surface area (Å²) in [4.78, 5) is 14.2. The normalized spacial score (nSPS) is 10.4. The van der Waals surface area contributed by atoms with Gasteiger partial charge in [-0.25, -0.2) is 0 Å². The maximum atomic E-state index is 12.5. The predicted octanol–water partition coefficient (Wildman–Crippen LogP) is 3.50. The average Bonchev–Trinajstić information content (AvgIpc) is 2.61. The molecule has 0 atom stereocenters. The van der Waals surface area contributed by atoms with Crippen LogP contribution in [0.1, 0.15) is 12.5 Å². The van der Waals surface area contributed by atoms with Crippen molar-refractivity contribution in [3.63, 3.8) is 0 Å². The van der Waals surface area contributed by atoms with E-state index in [2.05, 4.69) is 5.32 Å². The van der Waals surface area contributed by atoms with Crippen LogP contribution in [-0.4, -0.2) is 33.2 Å². The number of nitrogens with one attached hydrogen (secondary N) is 1. The zero-order chi connectivity index (χ0) is 18.2. The van der Waals surface area contributed by atoms with Crippen molar-refractivity contribution >= 4 is 23.2 Å². The van der Waals surface area contributed by atoms with E-state index in [9.17, 15) is 4.79 Å². The summed E-state index contributed by atoms with van der Waals surface area (Å²) in [7, 11) is 3.30. The predicted molar refractivity (Wildman–Crippen MR) is 101 cm³/mol. The Morgan fingerprint density at radius 2 is 1.92 bits per heavy atom. The Bertz CT molecular complexity index is 704. The van der Waals surface area contributed by atoms with Crippen molar-refractivity contribution in [1.29, 1.82) is 0 Å². The highest BCUT2D eigenvalue weighted by atomic mass is 35.5. The third-order valence-electron chi connectivity index (χ3n) is 3.65. The van der Waals surface area contributed by atoms with Gasteiger partial charge in [0.25, 0.3) is 0 Å². The number of likely N-dealkylation sites (N-methyl/N-ethyl adjacent to an activating group) is 1.